The van der Waals surface area contributed by atoms with E-state index in [2.05, 4.69) is 12.2 Å². The van der Waals surface area contributed by atoms with Crippen molar-refractivity contribution in [2.24, 2.45) is 11.8 Å². The van der Waals surface area contributed by atoms with E-state index >= 15 is 0 Å². The van der Waals surface area contributed by atoms with Gasteiger partial charge in [0.15, 0.2) is 11.5 Å². The van der Waals surface area contributed by atoms with Crippen LogP contribution < -0.4 is 10.1 Å². The Morgan fingerprint density at radius 1 is 1.26 bits per heavy atom. The average molecular weight is 263 g/mol. The summed E-state index contributed by atoms with van der Waals surface area (Å²) in [6, 6.07) is 5.58. The van der Waals surface area contributed by atoms with Crippen LogP contribution >= 0.6 is 0 Å². The summed E-state index contributed by atoms with van der Waals surface area (Å²) >= 11 is 0. The first-order valence-corrected chi connectivity index (χ1v) is 7.25. The Morgan fingerprint density at radius 2 is 2.00 bits per heavy atom. The second kappa shape index (κ2) is 6.80. The Balaban J connectivity index is 1.75. The van der Waals surface area contributed by atoms with Crippen molar-refractivity contribution in [1.82, 2.24) is 5.32 Å². The molecule has 0 amide bonds. The van der Waals surface area contributed by atoms with Crippen molar-refractivity contribution in [2.45, 2.75) is 39.2 Å². The molecule has 0 heterocycles. The Hall–Kier alpha value is -1.22. The number of hydrogen-bond acceptors (Lipinski definition) is 3. The van der Waals surface area contributed by atoms with E-state index in [4.69, 9.17) is 4.74 Å². The summed E-state index contributed by atoms with van der Waals surface area (Å²) in [5.41, 5.74) is 1.10. The minimum Gasteiger partial charge on any atom is -0.504 e. The lowest BCUT2D eigenvalue weighted by Crippen LogP contribution is -2.25. The third-order valence-corrected chi connectivity index (χ3v) is 4.14. The van der Waals surface area contributed by atoms with Gasteiger partial charge in [-0.05, 0) is 48.9 Å². The van der Waals surface area contributed by atoms with Crippen LogP contribution in [-0.4, -0.2) is 18.8 Å². The Kier molecular flexibility index (Phi) is 5.08. The van der Waals surface area contributed by atoms with Crippen molar-refractivity contribution >= 4 is 0 Å². The van der Waals surface area contributed by atoms with Gasteiger partial charge < -0.3 is 15.2 Å². The molecule has 0 aliphatic heterocycles. The number of aromatic hydroxyl groups is 1. The highest BCUT2D eigenvalue weighted by molar-refractivity contribution is 5.41. The van der Waals surface area contributed by atoms with Gasteiger partial charge >= 0.3 is 0 Å². The van der Waals surface area contributed by atoms with Crippen LogP contribution in [0.1, 0.15) is 38.2 Å². The van der Waals surface area contributed by atoms with E-state index in [0.717, 1.165) is 30.5 Å². The van der Waals surface area contributed by atoms with E-state index in [-0.39, 0.29) is 5.75 Å². The molecule has 0 aromatic heterocycles. The minimum absolute atomic E-state index is 0.216. The number of hydrogen-bond donors (Lipinski definition) is 2. The Morgan fingerprint density at radius 3 is 2.63 bits per heavy atom. The zero-order valence-corrected chi connectivity index (χ0v) is 12.0. The first kappa shape index (κ1) is 14.2. The van der Waals surface area contributed by atoms with E-state index in [1.807, 2.05) is 12.1 Å². The highest BCUT2D eigenvalue weighted by atomic mass is 16.5. The zero-order valence-electron chi connectivity index (χ0n) is 12.0. The number of phenolic OH excluding ortho intramolecular Hbond substituents is 1. The van der Waals surface area contributed by atoms with Crippen molar-refractivity contribution in [3.63, 3.8) is 0 Å². The van der Waals surface area contributed by atoms with Crippen molar-refractivity contribution in [2.75, 3.05) is 13.7 Å². The van der Waals surface area contributed by atoms with E-state index in [1.165, 1.54) is 25.7 Å². The summed E-state index contributed by atoms with van der Waals surface area (Å²) in [5, 5.41) is 13.2. The summed E-state index contributed by atoms with van der Waals surface area (Å²) < 4.78 is 5.04. The monoisotopic (exact) mass is 263 g/mol. The Bertz CT molecular complexity index is 398. The lowest BCUT2D eigenvalue weighted by molar-refractivity contribution is 0.281. The van der Waals surface area contributed by atoms with Crippen molar-refractivity contribution < 1.29 is 9.84 Å². The molecule has 1 aliphatic carbocycles. The molecule has 0 saturated heterocycles. The topological polar surface area (TPSA) is 41.5 Å². The second-order valence-corrected chi connectivity index (χ2v) is 5.76. The van der Waals surface area contributed by atoms with Gasteiger partial charge in [0.05, 0.1) is 7.11 Å². The molecule has 0 spiro atoms. The molecule has 1 saturated carbocycles. The van der Waals surface area contributed by atoms with E-state index in [0.29, 0.717) is 5.75 Å². The smallest absolute Gasteiger partial charge is 0.160 e. The lowest BCUT2D eigenvalue weighted by Gasteiger charge is -2.26. The molecule has 19 heavy (non-hydrogen) atoms. The molecule has 1 fully saturated rings. The van der Waals surface area contributed by atoms with Crippen LogP contribution in [0, 0.1) is 11.8 Å². The molecule has 1 aliphatic rings. The zero-order chi connectivity index (χ0) is 13.7. The fraction of sp³-hybridized carbons (Fsp3) is 0.625. The standard InChI is InChI=1S/C16H25NO2/c1-12-3-5-13(6-4-12)10-17-11-14-7-8-16(19-2)15(18)9-14/h7-9,12-13,17-18H,3-6,10-11H2,1-2H3. The molecule has 1 aromatic rings. The number of nitrogens with one attached hydrogen (secondary N) is 1. The maximum atomic E-state index is 9.72. The van der Waals surface area contributed by atoms with Gasteiger partial charge in [0.2, 0.25) is 0 Å². The van der Waals surface area contributed by atoms with Crippen LogP contribution in [0.15, 0.2) is 18.2 Å². The minimum atomic E-state index is 0.216. The van der Waals surface area contributed by atoms with Gasteiger partial charge in [-0.2, -0.15) is 0 Å². The van der Waals surface area contributed by atoms with E-state index < -0.39 is 0 Å². The van der Waals surface area contributed by atoms with Crippen LogP contribution in [0.5, 0.6) is 11.5 Å². The molecular formula is C16H25NO2. The van der Waals surface area contributed by atoms with Gasteiger partial charge in [0, 0.05) is 6.54 Å². The number of methoxy groups -OCH3 is 1. The van der Waals surface area contributed by atoms with Gasteiger partial charge in [-0.3, -0.25) is 0 Å². The van der Waals surface area contributed by atoms with Crippen molar-refractivity contribution in [1.29, 1.82) is 0 Å². The fourth-order valence-corrected chi connectivity index (χ4v) is 2.80. The van der Waals surface area contributed by atoms with E-state index in [9.17, 15) is 5.11 Å². The van der Waals surface area contributed by atoms with Gasteiger partial charge in [0.25, 0.3) is 0 Å². The quantitative estimate of drug-likeness (QED) is 0.856. The average Bonchev–Trinajstić information content (AvgIpc) is 2.41. The predicted molar refractivity (Wildman–Crippen MR) is 77.5 cm³/mol. The molecular weight excluding hydrogens is 238 g/mol. The van der Waals surface area contributed by atoms with Crippen molar-refractivity contribution in [3.8, 4) is 11.5 Å². The van der Waals surface area contributed by atoms with Crippen LogP contribution in [-0.2, 0) is 6.54 Å². The van der Waals surface area contributed by atoms with Gasteiger partial charge in [-0.15, -0.1) is 0 Å². The highest BCUT2D eigenvalue weighted by Gasteiger charge is 2.17. The molecule has 0 radical (unpaired) electrons. The molecule has 3 nitrogen and oxygen atoms in total. The summed E-state index contributed by atoms with van der Waals surface area (Å²) in [6.07, 6.45) is 5.44. The second-order valence-electron chi connectivity index (χ2n) is 5.76. The summed E-state index contributed by atoms with van der Waals surface area (Å²) in [7, 11) is 1.57. The Labute approximate surface area is 116 Å². The van der Waals surface area contributed by atoms with Gasteiger partial charge in [-0.1, -0.05) is 25.8 Å². The fourth-order valence-electron chi connectivity index (χ4n) is 2.80. The van der Waals surface area contributed by atoms with Crippen LogP contribution in [0.3, 0.4) is 0 Å². The first-order valence-electron chi connectivity index (χ1n) is 7.25. The van der Waals surface area contributed by atoms with E-state index in [1.54, 1.807) is 13.2 Å². The maximum absolute atomic E-state index is 9.72. The number of benzene rings is 1. The van der Waals surface area contributed by atoms with Crippen LogP contribution in [0.4, 0.5) is 0 Å². The number of phenols is 1. The third-order valence-electron chi connectivity index (χ3n) is 4.14. The molecule has 0 atom stereocenters. The summed E-state index contributed by atoms with van der Waals surface area (Å²) in [5.74, 6) is 2.48. The SMILES string of the molecule is COc1ccc(CNCC2CCC(C)CC2)cc1O. The van der Waals surface area contributed by atoms with Crippen LogP contribution in [0.2, 0.25) is 0 Å². The number of ether oxygens (including phenoxy) is 1. The molecule has 0 unspecified atom stereocenters. The molecule has 2 N–H and O–H groups in total. The molecule has 0 bridgehead atoms. The third kappa shape index (κ3) is 4.13. The molecule has 2 rings (SSSR count). The number of rotatable bonds is 5. The maximum Gasteiger partial charge on any atom is 0.160 e. The van der Waals surface area contributed by atoms with Gasteiger partial charge in [0.1, 0.15) is 0 Å². The largest absolute Gasteiger partial charge is 0.504 e. The summed E-state index contributed by atoms with van der Waals surface area (Å²) in [4.78, 5) is 0. The predicted octanol–water partition coefficient (Wildman–Crippen LogP) is 3.32. The summed E-state index contributed by atoms with van der Waals surface area (Å²) in [6.45, 7) is 4.24. The molecule has 1 aromatic carbocycles. The highest BCUT2D eigenvalue weighted by Crippen LogP contribution is 2.28. The normalized spacial score (nSPS) is 23.3. The van der Waals surface area contributed by atoms with Crippen LogP contribution in [0.25, 0.3) is 0 Å². The lowest BCUT2D eigenvalue weighted by atomic mass is 9.83. The first-order chi connectivity index (χ1) is 9.19. The van der Waals surface area contributed by atoms with Crippen molar-refractivity contribution in [3.05, 3.63) is 23.8 Å². The molecule has 3 heteroatoms. The molecule has 106 valence electrons. The van der Waals surface area contributed by atoms with Gasteiger partial charge in [-0.25, -0.2) is 0 Å².